The second-order valence-corrected chi connectivity index (χ2v) is 17.6. The molecule has 0 aliphatic heterocycles. The average Bonchev–Trinajstić information content (AvgIpc) is 3.94. The van der Waals surface area contributed by atoms with Gasteiger partial charge in [0.2, 0.25) is 0 Å². The zero-order chi connectivity index (χ0) is 40.0. The van der Waals surface area contributed by atoms with E-state index in [1.54, 1.807) is 0 Å². The zero-order valence-corrected chi connectivity index (χ0v) is 34.1. The molecule has 284 valence electrons. The van der Waals surface area contributed by atoms with Crippen molar-refractivity contribution in [2.75, 3.05) is 4.90 Å². The highest BCUT2D eigenvalue weighted by Gasteiger charge is 2.35. The summed E-state index contributed by atoms with van der Waals surface area (Å²) in [7, 11) is 0. The van der Waals surface area contributed by atoms with E-state index in [1.807, 2.05) is 11.3 Å². The average molecular weight is 786 g/mol. The molecule has 1 aliphatic carbocycles. The maximum Gasteiger partial charge on any atom is 0.143 e. The minimum absolute atomic E-state index is 0.112. The molecule has 2 aromatic heterocycles. The molecule has 2 nitrogen and oxygen atoms in total. The first kappa shape index (κ1) is 34.8. The van der Waals surface area contributed by atoms with E-state index in [2.05, 4.69) is 219 Å². The predicted octanol–water partition coefficient (Wildman–Crippen LogP) is 16.7. The fourth-order valence-electron chi connectivity index (χ4n) is 9.62. The second-order valence-electron chi connectivity index (χ2n) is 16.5. The summed E-state index contributed by atoms with van der Waals surface area (Å²) < 4.78 is 9.30. The number of hydrogen-bond donors (Lipinski definition) is 0. The quantitative estimate of drug-likeness (QED) is 0.167. The third-order valence-electron chi connectivity index (χ3n) is 12.7. The van der Waals surface area contributed by atoms with Gasteiger partial charge in [0.25, 0.3) is 0 Å². The molecule has 11 aromatic rings. The molecule has 0 fully saturated rings. The Labute approximate surface area is 353 Å². The third kappa shape index (κ3) is 5.47. The van der Waals surface area contributed by atoms with Crippen LogP contribution in [0.4, 0.5) is 17.1 Å². The molecule has 60 heavy (non-hydrogen) atoms. The first-order chi connectivity index (χ1) is 29.5. The van der Waals surface area contributed by atoms with Gasteiger partial charge in [-0.05, 0) is 117 Å². The first-order valence-electron chi connectivity index (χ1n) is 20.7. The van der Waals surface area contributed by atoms with Crippen molar-refractivity contribution in [1.82, 2.24) is 0 Å². The molecule has 0 saturated heterocycles. The van der Waals surface area contributed by atoms with E-state index < -0.39 is 0 Å². The summed E-state index contributed by atoms with van der Waals surface area (Å²) in [6.45, 7) is 4.70. The Morgan fingerprint density at radius 1 is 0.383 bits per heavy atom. The van der Waals surface area contributed by atoms with Crippen LogP contribution in [0.3, 0.4) is 0 Å². The standard InChI is InChI=1S/C57H39NOS/c1-57(2)51-17-9-6-14-44(51)45-31-29-43(35-52(45)57)58(41-25-20-37(21-26-41)36-12-4-3-5-13-36)42-27-22-38(23-28-42)49-32-40(33-50-46-15-7-10-18-53(46)59-56(49)50)39-24-30-48-47-16-8-11-19-54(47)60-55(48)34-39/h3-35H,1-2H3. The predicted molar refractivity (Wildman–Crippen MR) is 255 cm³/mol. The molecule has 0 atom stereocenters. The Morgan fingerprint density at radius 2 is 1.00 bits per heavy atom. The van der Waals surface area contributed by atoms with E-state index in [0.29, 0.717) is 0 Å². The van der Waals surface area contributed by atoms with Crippen molar-refractivity contribution in [2.24, 2.45) is 0 Å². The van der Waals surface area contributed by atoms with Crippen molar-refractivity contribution in [1.29, 1.82) is 0 Å². The number of fused-ring (bicyclic) bond motifs is 9. The lowest BCUT2D eigenvalue weighted by Crippen LogP contribution is -2.16. The summed E-state index contributed by atoms with van der Waals surface area (Å²) in [4.78, 5) is 2.39. The molecule has 0 spiro atoms. The van der Waals surface area contributed by atoms with E-state index in [-0.39, 0.29) is 5.41 Å². The molecule has 0 saturated carbocycles. The molecule has 0 radical (unpaired) electrons. The molecule has 0 bridgehead atoms. The summed E-state index contributed by atoms with van der Waals surface area (Å²) in [5.74, 6) is 0. The van der Waals surface area contributed by atoms with Crippen molar-refractivity contribution in [3.63, 3.8) is 0 Å². The molecular weight excluding hydrogens is 747 g/mol. The maximum atomic E-state index is 6.68. The summed E-state index contributed by atoms with van der Waals surface area (Å²) in [6, 6.07) is 73.1. The smallest absolute Gasteiger partial charge is 0.143 e. The Hall–Kier alpha value is -7.20. The van der Waals surface area contributed by atoms with E-state index in [0.717, 1.165) is 50.1 Å². The van der Waals surface area contributed by atoms with Gasteiger partial charge in [-0.3, -0.25) is 0 Å². The largest absolute Gasteiger partial charge is 0.455 e. The normalized spacial score (nSPS) is 13.0. The van der Waals surface area contributed by atoms with Crippen LogP contribution in [0.1, 0.15) is 25.0 Å². The highest BCUT2D eigenvalue weighted by Crippen LogP contribution is 2.51. The molecule has 9 aromatic carbocycles. The van der Waals surface area contributed by atoms with Crippen LogP contribution < -0.4 is 4.90 Å². The number of benzene rings is 9. The number of hydrogen-bond acceptors (Lipinski definition) is 3. The maximum absolute atomic E-state index is 6.68. The molecule has 3 heteroatoms. The minimum Gasteiger partial charge on any atom is -0.455 e. The summed E-state index contributed by atoms with van der Waals surface area (Å²) in [6.07, 6.45) is 0. The zero-order valence-electron chi connectivity index (χ0n) is 33.3. The van der Waals surface area contributed by atoms with Crippen molar-refractivity contribution < 1.29 is 4.42 Å². The lowest BCUT2D eigenvalue weighted by molar-refractivity contribution is 0.660. The summed E-state index contributed by atoms with van der Waals surface area (Å²) >= 11 is 1.86. The number of anilines is 3. The fourth-order valence-corrected chi connectivity index (χ4v) is 10.8. The van der Waals surface area contributed by atoms with Gasteiger partial charge in [-0.1, -0.05) is 147 Å². The van der Waals surface area contributed by atoms with Gasteiger partial charge in [-0.2, -0.15) is 0 Å². The number of para-hydroxylation sites is 1. The summed E-state index contributed by atoms with van der Waals surface area (Å²) in [5, 5.41) is 4.87. The molecule has 0 amide bonds. The molecule has 0 N–H and O–H groups in total. The second kappa shape index (κ2) is 13.4. The number of thiophene rings is 1. The highest BCUT2D eigenvalue weighted by molar-refractivity contribution is 7.25. The Balaban J connectivity index is 0.994. The lowest BCUT2D eigenvalue weighted by Gasteiger charge is -2.28. The van der Waals surface area contributed by atoms with Crippen molar-refractivity contribution >= 4 is 70.5 Å². The SMILES string of the molecule is CC1(C)c2ccccc2-c2ccc(N(c3ccc(-c4ccccc4)cc3)c3ccc(-c4cc(-c5ccc6c(c5)sc5ccccc56)cc5c4oc4ccccc45)cc3)cc21. The van der Waals surface area contributed by atoms with Crippen LogP contribution >= 0.6 is 11.3 Å². The fraction of sp³-hybridized carbons (Fsp3) is 0.0526. The minimum atomic E-state index is -0.112. The molecular formula is C57H39NOS. The van der Waals surface area contributed by atoms with Gasteiger partial charge in [0.1, 0.15) is 11.2 Å². The van der Waals surface area contributed by atoms with Crippen LogP contribution in [-0.4, -0.2) is 0 Å². The molecule has 1 aliphatic rings. The Morgan fingerprint density at radius 3 is 1.82 bits per heavy atom. The van der Waals surface area contributed by atoms with Gasteiger partial charge >= 0.3 is 0 Å². The number of nitrogens with zero attached hydrogens (tertiary/aromatic N) is 1. The topological polar surface area (TPSA) is 16.4 Å². The van der Waals surface area contributed by atoms with Gasteiger partial charge in [0.05, 0.1) is 0 Å². The third-order valence-corrected chi connectivity index (χ3v) is 13.8. The molecule has 0 unspecified atom stereocenters. The van der Waals surface area contributed by atoms with Crippen LogP contribution in [-0.2, 0) is 5.41 Å². The van der Waals surface area contributed by atoms with Crippen molar-refractivity contribution in [3.8, 4) is 44.5 Å². The van der Waals surface area contributed by atoms with E-state index in [9.17, 15) is 0 Å². The van der Waals surface area contributed by atoms with Gasteiger partial charge in [-0.25, -0.2) is 0 Å². The van der Waals surface area contributed by atoms with Crippen LogP contribution in [0, 0.1) is 0 Å². The highest BCUT2D eigenvalue weighted by atomic mass is 32.1. The van der Waals surface area contributed by atoms with Crippen LogP contribution in [0.2, 0.25) is 0 Å². The van der Waals surface area contributed by atoms with Gasteiger partial charge in [-0.15, -0.1) is 11.3 Å². The van der Waals surface area contributed by atoms with Crippen LogP contribution in [0.15, 0.2) is 205 Å². The number of furan rings is 1. The Kier molecular flexibility index (Phi) is 7.79. The Bertz CT molecular complexity index is 3440. The van der Waals surface area contributed by atoms with Gasteiger partial charge < -0.3 is 9.32 Å². The van der Waals surface area contributed by atoms with E-state index >= 15 is 0 Å². The lowest BCUT2D eigenvalue weighted by atomic mass is 9.82. The first-order valence-corrected chi connectivity index (χ1v) is 21.5. The number of rotatable bonds is 6. The van der Waals surface area contributed by atoms with E-state index in [4.69, 9.17) is 4.42 Å². The monoisotopic (exact) mass is 785 g/mol. The molecule has 2 heterocycles. The van der Waals surface area contributed by atoms with Crippen LogP contribution in [0.25, 0.3) is 86.6 Å². The molecule has 12 rings (SSSR count). The van der Waals surface area contributed by atoms with E-state index in [1.165, 1.54) is 64.7 Å². The van der Waals surface area contributed by atoms with Gasteiger partial charge in [0.15, 0.2) is 0 Å². The van der Waals surface area contributed by atoms with Crippen molar-refractivity contribution in [3.05, 3.63) is 211 Å². The van der Waals surface area contributed by atoms with Crippen molar-refractivity contribution in [2.45, 2.75) is 19.3 Å². The van der Waals surface area contributed by atoms with Gasteiger partial charge in [0, 0.05) is 59.0 Å². The van der Waals surface area contributed by atoms with Crippen LogP contribution in [0.5, 0.6) is 0 Å². The summed E-state index contributed by atoms with van der Waals surface area (Å²) in [5.41, 5.74) is 17.4.